The molecule has 39 heavy (non-hydrogen) atoms. The van der Waals surface area contributed by atoms with Crippen molar-refractivity contribution in [2.75, 3.05) is 0 Å². The number of hydrogen-bond donors (Lipinski definition) is 3. The summed E-state index contributed by atoms with van der Waals surface area (Å²) in [6, 6.07) is 12.0. The van der Waals surface area contributed by atoms with E-state index in [1.54, 1.807) is 6.08 Å². The lowest BCUT2D eigenvalue weighted by Crippen LogP contribution is -2.51. The number of aromatic amines is 1. The number of rotatable bonds is 7. The third-order valence-electron chi connectivity index (χ3n) is 9.04. The molecule has 1 amide bonds. The Hall–Kier alpha value is -4.06. The lowest BCUT2D eigenvalue weighted by atomic mass is 9.73. The fourth-order valence-electron chi connectivity index (χ4n) is 6.87. The third-order valence-corrected chi connectivity index (χ3v) is 9.04. The van der Waals surface area contributed by atoms with Crippen molar-refractivity contribution in [3.8, 4) is 0 Å². The number of amides is 1. The number of nitrogens with one attached hydrogen (secondary N) is 2. The zero-order valence-electron chi connectivity index (χ0n) is 22.6. The highest BCUT2D eigenvalue weighted by molar-refractivity contribution is 6.00. The van der Waals surface area contributed by atoms with Crippen molar-refractivity contribution in [3.05, 3.63) is 82.7 Å². The molecule has 3 N–H and O–H groups in total. The second-order valence-corrected chi connectivity index (χ2v) is 11.3. The number of aliphatic carboxylic acids is 1. The van der Waals surface area contributed by atoms with Crippen LogP contribution in [0.3, 0.4) is 0 Å². The van der Waals surface area contributed by atoms with E-state index in [1.165, 1.54) is 36.6 Å². The second kappa shape index (κ2) is 9.60. The monoisotopic (exact) mass is 521 g/mol. The lowest BCUT2D eigenvalue weighted by Gasteiger charge is -2.42. The van der Waals surface area contributed by atoms with Crippen molar-refractivity contribution in [2.24, 2.45) is 7.05 Å². The van der Waals surface area contributed by atoms with Gasteiger partial charge >= 0.3 is 5.97 Å². The molecule has 2 aromatic carbocycles. The van der Waals surface area contributed by atoms with Gasteiger partial charge in [-0.3, -0.25) is 4.79 Å². The number of nitrogens with zero attached hydrogens (tertiary/aromatic N) is 1. The molecule has 6 heteroatoms. The topological polar surface area (TPSA) is 87.1 Å². The summed E-state index contributed by atoms with van der Waals surface area (Å²) < 4.78 is 2.18. The molecule has 6 rings (SSSR count). The van der Waals surface area contributed by atoms with Crippen LogP contribution in [-0.4, -0.2) is 26.5 Å². The smallest absolute Gasteiger partial charge is 0.328 e. The first-order valence-electron chi connectivity index (χ1n) is 13.9. The van der Waals surface area contributed by atoms with Crippen LogP contribution in [0.4, 0.5) is 0 Å². The van der Waals surface area contributed by atoms with E-state index < -0.39 is 11.5 Å². The molecule has 2 aliphatic carbocycles. The Morgan fingerprint density at radius 2 is 1.87 bits per heavy atom. The highest BCUT2D eigenvalue weighted by atomic mass is 16.4. The Bertz CT molecular complexity index is 1660. The maximum Gasteiger partial charge on any atom is 0.328 e. The van der Waals surface area contributed by atoms with Gasteiger partial charge in [0.2, 0.25) is 0 Å². The van der Waals surface area contributed by atoms with Gasteiger partial charge in [0.1, 0.15) is 0 Å². The Kier molecular flexibility index (Phi) is 6.21. The molecule has 0 atom stereocenters. The molecule has 6 nitrogen and oxygen atoms in total. The molecule has 0 bridgehead atoms. The summed E-state index contributed by atoms with van der Waals surface area (Å²) >= 11 is 0. The van der Waals surface area contributed by atoms with Crippen LogP contribution in [0, 0.1) is 6.92 Å². The standard InChI is InChI=1S/C33H35N3O3/c1-4-27-30(22-8-5-6-9-22)24-13-12-23(19-28(24)36(27)3)32(39)35-33(16-7-17-33)31-20(2)25-18-21(11-15-29(37)38)10-14-26(25)34-31/h4,10-15,18-19,22,34H,1,5-9,16-17H2,2-3H3,(H,35,39)(H,37,38). The predicted octanol–water partition coefficient (Wildman–Crippen LogP) is 7.18. The summed E-state index contributed by atoms with van der Waals surface area (Å²) in [6.45, 7) is 6.17. The summed E-state index contributed by atoms with van der Waals surface area (Å²) in [5, 5.41) is 14.7. The highest BCUT2D eigenvalue weighted by Crippen LogP contribution is 2.45. The molecular weight excluding hydrogens is 486 g/mol. The van der Waals surface area contributed by atoms with Crippen LogP contribution < -0.4 is 5.32 Å². The van der Waals surface area contributed by atoms with E-state index in [4.69, 9.17) is 5.11 Å². The van der Waals surface area contributed by atoms with Crippen LogP contribution >= 0.6 is 0 Å². The summed E-state index contributed by atoms with van der Waals surface area (Å²) in [7, 11) is 2.07. The van der Waals surface area contributed by atoms with Crippen LogP contribution in [-0.2, 0) is 17.4 Å². The van der Waals surface area contributed by atoms with Gasteiger partial charge in [-0.15, -0.1) is 0 Å². The number of carbonyl (C=O) groups is 2. The van der Waals surface area contributed by atoms with Gasteiger partial charge in [0.15, 0.2) is 0 Å². The predicted molar refractivity (Wildman–Crippen MR) is 157 cm³/mol. The number of H-pyrrole nitrogens is 1. The summed E-state index contributed by atoms with van der Waals surface area (Å²) in [5.41, 5.74) is 7.78. The highest BCUT2D eigenvalue weighted by Gasteiger charge is 2.43. The number of aromatic nitrogens is 2. The first-order chi connectivity index (χ1) is 18.8. The average Bonchev–Trinajstić information content (AvgIpc) is 3.62. The SMILES string of the molecule is C=Cc1c(C2CCCC2)c2ccc(C(=O)NC3(c4[nH]c5ccc(C=CC(=O)O)cc5c4C)CCC3)cc2n1C. The minimum absolute atomic E-state index is 0.0662. The number of carboxylic acid groups (broad SMARTS) is 1. The second-order valence-electron chi connectivity index (χ2n) is 11.3. The quantitative estimate of drug-likeness (QED) is 0.225. The van der Waals surface area contributed by atoms with Crippen molar-refractivity contribution in [1.82, 2.24) is 14.9 Å². The van der Waals surface area contributed by atoms with Gasteiger partial charge in [-0.05, 0) is 98.1 Å². The molecule has 4 aromatic rings. The zero-order valence-corrected chi connectivity index (χ0v) is 22.6. The first-order valence-corrected chi connectivity index (χ1v) is 13.9. The number of carboxylic acids is 1. The van der Waals surface area contributed by atoms with Crippen LogP contribution in [0.15, 0.2) is 49.1 Å². The summed E-state index contributed by atoms with van der Waals surface area (Å²) in [4.78, 5) is 28.2. The molecule has 2 heterocycles. The van der Waals surface area contributed by atoms with Gasteiger partial charge in [0, 0.05) is 51.9 Å². The van der Waals surface area contributed by atoms with Gasteiger partial charge in [-0.2, -0.15) is 0 Å². The van der Waals surface area contributed by atoms with Crippen LogP contribution in [0.5, 0.6) is 0 Å². The minimum Gasteiger partial charge on any atom is -0.478 e. The maximum atomic E-state index is 13.7. The van der Waals surface area contributed by atoms with Crippen molar-refractivity contribution < 1.29 is 14.7 Å². The lowest BCUT2D eigenvalue weighted by molar-refractivity contribution is -0.131. The molecule has 0 spiro atoms. The van der Waals surface area contributed by atoms with Gasteiger partial charge < -0.3 is 20.0 Å². The Morgan fingerprint density at radius 3 is 2.54 bits per heavy atom. The average molecular weight is 522 g/mol. The van der Waals surface area contributed by atoms with Crippen molar-refractivity contribution in [3.63, 3.8) is 0 Å². The Balaban J connectivity index is 1.33. The third kappa shape index (κ3) is 4.19. The van der Waals surface area contributed by atoms with Gasteiger partial charge in [0.05, 0.1) is 5.54 Å². The molecule has 2 aromatic heterocycles. The number of benzene rings is 2. The van der Waals surface area contributed by atoms with Crippen LogP contribution in [0.1, 0.15) is 89.3 Å². The minimum atomic E-state index is -0.971. The number of aryl methyl sites for hydroxylation is 2. The van der Waals surface area contributed by atoms with Crippen molar-refractivity contribution >= 4 is 45.8 Å². The van der Waals surface area contributed by atoms with Gasteiger partial charge in [-0.25, -0.2) is 4.79 Å². The Morgan fingerprint density at radius 1 is 1.10 bits per heavy atom. The number of hydrogen-bond acceptors (Lipinski definition) is 2. The molecule has 2 aliphatic rings. The molecule has 2 fully saturated rings. The van der Waals surface area contributed by atoms with Gasteiger partial charge in [0.25, 0.3) is 5.91 Å². The van der Waals surface area contributed by atoms with E-state index >= 15 is 0 Å². The molecule has 0 radical (unpaired) electrons. The van der Waals surface area contributed by atoms with E-state index in [2.05, 4.69) is 41.5 Å². The van der Waals surface area contributed by atoms with Gasteiger partial charge in [-0.1, -0.05) is 31.6 Å². The summed E-state index contributed by atoms with van der Waals surface area (Å²) in [5.74, 6) is -0.477. The molecular formula is C33H35N3O3. The van der Waals surface area contributed by atoms with Crippen LogP contribution in [0.2, 0.25) is 0 Å². The van der Waals surface area contributed by atoms with E-state index in [0.717, 1.165) is 64.3 Å². The fourth-order valence-corrected chi connectivity index (χ4v) is 6.87. The maximum absolute atomic E-state index is 13.7. The molecule has 200 valence electrons. The molecule has 0 unspecified atom stereocenters. The summed E-state index contributed by atoms with van der Waals surface area (Å²) in [6.07, 6.45) is 12.5. The fraction of sp³-hybridized carbons (Fsp3) is 0.333. The molecule has 0 saturated heterocycles. The van der Waals surface area contributed by atoms with Crippen molar-refractivity contribution in [1.29, 1.82) is 0 Å². The normalized spacial score (nSPS) is 17.2. The Labute approximate surface area is 228 Å². The van der Waals surface area contributed by atoms with E-state index in [-0.39, 0.29) is 5.91 Å². The zero-order chi connectivity index (χ0) is 27.3. The molecule has 0 aliphatic heterocycles. The number of fused-ring (bicyclic) bond motifs is 2. The largest absolute Gasteiger partial charge is 0.478 e. The van der Waals surface area contributed by atoms with E-state index in [9.17, 15) is 9.59 Å². The first kappa shape index (κ1) is 25.2. The van der Waals surface area contributed by atoms with E-state index in [0.29, 0.717) is 11.5 Å². The number of carbonyl (C=O) groups excluding carboxylic acids is 1. The van der Waals surface area contributed by atoms with Crippen LogP contribution in [0.25, 0.3) is 34.0 Å². The van der Waals surface area contributed by atoms with Crippen molar-refractivity contribution in [2.45, 2.75) is 63.3 Å². The molecule has 2 saturated carbocycles. The van der Waals surface area contributed by atoms with E-state index in [1.807, 2.05) is 36.4 Å².